The van der Waals surface area contributed by atoms with E-state index in [-0.39, 0.29) is 5.41 Å². The lowest BCUT2D eigenvalue weighted by molar-refractivity contribution is 0.225. The maximum Gasteiger partial charge on any atom is 0.0291 e. The summed E-state index contributed by atoms with van der Waals surface area (Å²) < 4.78 is 0. The minimum atomic E-state index is 0.143. The Hall–Kier alpha value is 0.580. The fourth-order valence-electron chi connectivity index (χ4n) is 1.89. The number of hydrogen-bond donors (Lipinski definition) is 0. The lowest BCUT2D eigenvalue weighted by Gasteiger charge is -2.34. The second-order valence-electron chi connectivity index (χ2n) is 6.43. The number of rotatable bonds is 6. The van der Waals surface area contributed by atoms with E-state index in [1.807, 2.05) is 0 Å². The fourth-order valence-corrected chi connectivity index (χ4v) is 2.66. The monoisotopic (exact) mass is 252 g/mol. The average molecular weight is 253 g/mol. The van der Waals surface area contributed by atoms with Crippen molar-refractivity contribution in [1.82, 2.24) is 0 Å². The summed E-state index contributed by atoms with van der Waals surface area (Å²) in [6.07, 6.45) is 3.47. The highest BCUT2D eigenvalue weighted by molar-refractivity contribution is 6.21. The molecule has 0 amide bonds. The van der Waals surface area contributed by atoms with Crippen LogP contribution in [0.1, 0.15) is 53.9 Å². The van der Waals surface area contributed by atoms with Crippen LogP contribution >= 0.6 is 23.2 Å². The summed E-state index contributed by atoms with van der Waals surface area (Å²) in [4.78, 5) is 0. The molecule has 0 aromatic heterocycles. The average Bonchev–Trinajstić information content (AvgIpc) is 2.10. The van der Waals surface area contributed by atoms with Crippen LogP contribution in [0.2, 0.25) is 0 Å². The summed E-state index contributed by atoms with van der Waals surface area (Å²) in [7, 11) is 0. The Bertz CT molecular complexity index is 164. The molecular formula is C13H26Cl2. The molecule has 0 aromatic rings. The molecule has 0 aliphatic heterocycles. The molecular weight excluding hydrogens is 227 g/mol. The van der Waals surface area contributed by atoms with Crippen molar-refractivity contribution < 1.29 is 0 Å². The van der Waals surface area contributed by atoms with Gasteiger partial charge in [-0.1, -0.05) is 34.6 Å². The maximum atomic E-state index is 6.11. The minimum absolute atomic E-state index is 0.143. The summed E-state index contributed by atoms with van der Waals surface area (Å²) in [5, 5.41) is 0. The van der Waals surface area contributed by atoms with Gasteiger partial charge in [-0.2, -0.15) is 0 Å². The molecule has 15 heavy (non-hydrogen) atoms. The van der Waals surface area contributed by atoms with Crippen LogP contribution in [0.3, 0.4) is 0 Å². The van der Waals surface area contributed by atoms with Crippen LogP contribution in [0.5, 0.6) is 0 Å². The molecule has 0 N–H and O–H groups in total. The Labute approximate surface area is 106 Å². The molecule has 0 fully saturated rings. The molecule has 0 saturated heterocycles. The van der Waals surface area contributed by atoms with Crippen LogP contribution < -0.4 is 0 Å². The third-order valence-electron chi connectivity index (χ3n) is 2.81. The van der Waals surface area contributed by atoms with E-state index in [0.717, 1.165) is 12.8 Å². The third-order valence-corrected chi connectivity index (χ3v) is 3.95. The maximum absolute atomic E-state index is 6.11. The molecule has 0 aromatic carbocycles. The minimum Gasteiger partial charge on any atom is -0.126 e. The number of hydrogen-bond acceptors (Lipinski definition) is 0. The van der Waals surface area contributed by atoms with Gasteiger partial charge in [0.05, 0.1) is 0 Å². The van der Waals surface area contributed by atoms with Gasteiger partial charge >= 0.3 is 0 Å². The van der Waals surface area contributed by atoms with Crippen LogP contribution in [0, 0.1) is 16.7 Å². The van der Waals surface area contributed by atoms with E-state index >= 15 is 0 Å². The Kier molecular flexibility index (Phi) is 6.59. The first-order valence-corrected chi connectivity index (χ1v) is 6.93. The summed E-state index contributed by atoms with van der Waals surface area (Å²) >= 11 is 12.2. The first kappa shape index (κ1) is 15.6. The van der Waals surface area contributed by atoms with Crippen molar-refractivity contribution in [2.24, 2.45) is 16.7 Å². The van der Waals surface area contributed by atoms with Gasteiger partial charge in [0.2, 0.25) is 0 Å². The molecule has 0 heterocycles. The third kappa shape index (κ3) is 6.68. The van der Waals surface area contributed by atoms with E-state index in [9.17, 15) is 0 Å². The highest BCUT2D eigenvalue weighted by Crippen LogP contribution is 2.38. The molecule has 2 heteroatoms. The molecule has 0 spiro atoms. The zero-order chi connectivity index (χ0) is 12.1. The molecule has 0 bridgehead atoms. The summed E-state index contributed by atoms with van der Waals surface area (Å²) in [6.45, 7) is 11.3. The Morgan fingerprint density at radius 2 is 1.40 bits per heavy atom. The van der Waals surface area contributed by atoms with Crippen molar-refractivity contribution in [2.45, 2.75) is 53.9 Å². The predicted octanol–water partition coefficient (Wildman–Crippen LogP) is 5.32. The Morgan fingerprint density at radius 3 is 1.67 bits per heavy atom. The molecule has 0 nitrogen and oxygen atoms in total. The van der Waals surface area contributed by atoms with E-state index in [1.165, 1.54) is 6.42 Å². The van der Waals surface area contributed by atoms with Crippen molar-refractivity contribution >= 4 is 23.2 Å². The van der Waals surface area contributed by atoms with Gasteiger partial charge in [-0.25, -0.2) is 0 Å². The molecule has 92 valence electrons. The largest absolute Gasteiger partial charge is 0.126 e. The van der Waals surface area contributed by atoms with Gasteiger partial charge in [-0.05, 0) is 36.0 Å². The van der Waals surface area contributed by atoms with E-state index in [0.29, 0.717) is 23.1 Å². The van der Waals surface area contributed by atoms with Gasteiger partial charge < -0.3 is 0 Å². The second-order valence-corrected chi connectivity index (χ2v) is 6.96. The normalized spacial score (nSPS) is 13.6. The van der Waals surface area contributed by atoms with E-state index < -0.39 is 0 Å². The van der Waals surface area contributed by atoms with Gasteiger partial charge in [0.15, 0.2) is 0 Å². The van der Waals surface area contributed by atoms with Gasteiger partial charge in [-0.15, -0.1) is 23.2 Å². The Balaban J connectivity index is 4.37. The first-order valence-electron chi connectivity index (χ1n) is 5.87. The molecule has 0 rings (SSSR count). The van der Waals surface area contributed by atoms with E-state index in [1.54, 1.807) is 0 Å². The van der Waals surface area contributed by atoms with Gasteiger partial charge in [0.1, 0.15) is 0 Å². The summed E-state index contributed by atoms with van der Waals surface area (Å²) in [6, 6.07) is 0. The highest BCUT2D eigenvalue weighted by Gasteiger charge is 2.30. The standard InChI is InChI=1S/C13H26Cl2/c1-11(2)8-13(9-14,10-15)7-6-12(3,4)5/h11H,6-10H2,1-5H3. The van der Waals surface area contributed by atoms with Crippen LogP contribution in [0.15, 0.2) is 0 Å². The van der Waals surface area contributed by atoms with Crippen molar-refractivity contribution in [3.05, 3.63) is 0 Å². The van der Waals surface area contributed by atoms with Crippen LogP contribution in [0.25, 0.3) is 0 Å². The smallest absolute Gasteiger partial charge is 0.0291 e. The highest BCUT2D eigenvalue weighted by atomic mass is 35.5. The van der Waals surface area contributed by atoms with Gasteiger partial charge in [0, 0.05) is 11.8 Å². The van der Waals surface area contributed by atoms with Crippen molar-refractivity contribution in [2.75, 3.05) is 11.8 Å². The van der Waals surface area contributed by atoms with Crippen molar-refractivity contribution in [3.8, 4) is 0 Å². The van der Waals surface area contributed by atoms with Crippen molar-refractivity contribution in [1.29, 1.82) is 0 Å². The molecule has 0 saturated carbocycles. The first-order chi connectivity index (χ1) is 6.74. The second kappa shape index (κ2) is 6.35. The Morgan fingerprint density at radius 1 is 0.933 bits per heavy atom. The van der Waals surface area contributed by atoms with Crippen LogP contribution in [-0.4, -0.2) is 11.8 Å². The zero-order valence-electron chi connectivity index (χ0n) is 10.9. The quantitative estimate of drug-likeness (QED) is 0.562. The fraction of sp³-hybridized carbons (Fsp3) is 1.00. The zero-order valence-corrected chi connectivity index (χ0v) is 12.4. The molecule has 0 unspecified atom stereocenters. The topological polar surface area (TPSA) is 0 Å². The van der Waals surface area contributed by atoms with Gasteiger partial charge in [0.25, 0.3) is 0 Å². The predicted molar refractivity (Wildman–Crippen MR) is 72.0 cm³/mol. The van der Waals surface area contributed by atoms with Crippen molar-refractivity contribution in [3.63, 3.8) is 0 Å². The SMILES string of the molecule is CC(C)CC(CCl)(CCl)CCC(C)(C)C. The molecule has 0 aliphatic carbocycles. The van der Waals surface area contributed by atoms with Crippen LogP contribution in [0.4, 0.5) is 0 Å². The summed E-state index contributed by atoms with van der Waals surface area (Å²) in [5.41, 5.74) is 0.519. The number of alkyl halides is 2. The van der Waals surface area contributed by atoms with E-state index in [2.05, 4.69) is 34.6 Å². The van der Waals surface area contributed by atoms with E-state index in [4.69, 9.17) is 23.2 Å². The molecule has 0 atom stereocenters. The number of halogens is 2. The molecule has 0 radical (unpaired) electrons. The lowest BCUT2D eigenvalue weighted by atomic mass is 9.75. The molecule has 0 aliphatic rings. The van der Waals surface area contributed by atoms with Gasteiger partial charge in [-0.3, -0.25) is 0 Å². The van der Waals surface area contributed by atoms with Crippen LogP contribution in [-0.2, 0) is 0 Å². The summed E-state index contributed by atoms with van der Waals surface area (Å²) in [5.74, 6) is 2.04. The lowest BCUT2D eigenvalue weighted by Crippen LogP contribution is -2.29.